The summed E-state index contributed by atoms with van der Waals surface area (Å²) in [5.41, 5.74) is 3.09. The number of hydrogen-bond donors (Lipinski definition) is 0. The number of carbonyl (C=O) groups is 1. The van der Waals surface area contributed by atoms with E-state index in [9.17, 15) is 10.1 Å². The lowest BCUT2D eigenvalue weighted by Crippen LogP contribution is -2.46. The number of para-hydroxylation sites is 2. The Kier molecular flexibility index (Phi) is 8.27. The van der Waals surface area contributed by atoms with Gasteiger partial charge in [0, 0.05) is 32.7 Å². The molecule has 1 aliphatic rings. The van der Waals surface area contributed by atoms with Gasteiger partial charge in [-0.3, -0.25) is 9.69 Å². The van der Waals surface area contributed by atoms with Crippen LogP contribution in [-0.2, 0) is 16.1 Å². The van der Waals surface area contributed by atoms with Gasteiger partial charge in [0.2, 0.25) is 0 Å². The Balaban J connectivity index is 1.56. The number of rotatable bonds is 9. The minimum atomic E-state index is -1.11. The molecule has 0 amide bonds. The van der Waals surface area contributed by atoms with Crippen LogP contribution >= 0.6 is 0 Å². The summed E-state index contributed by atoms with van der Waals surface area (Å²) >= 11 is 0. The van der Waals surface area contributed by atoms with Gasteiger partial charge >= 0.3 is 5.97 Å². The number of nitriles is 1. The first kappa shape index (κ1) is 24.6. The number of aromatic nitrogens is 2. The van der Waals surface area contributed by atoms with Gasteiger partial charge in [-0.25, -0.2) is 9.97 Å². The van der Waals surface area contributed by atoms with E-state index in [0.29, 0.717) is 23.6 Å². The van der Waals surface area contributed by atoms with Crippen molar-refractivity contribution in [3.05, 3.63) is 65.9 Å². The highest BCUT2D eigenvalue weighted by atomic mass is 16.5. The fourth-order valence-corrected chi connectivity index (χ4v) is 4.42. The minimum absolute atomic E-state index is 0.290. The maximum absolute atomic E-state index is 13.0. The molecule has 1 saturated heterocycles. The smallest absolute Gasteiger partial charge is 0.329 e. The standard InChI is InChI=1S/C28H33N5O2/c1-3-21(4-2)20-35-28(34)23(18-29)26-27(31-25-13-9-8-12-24(25)30-26)33-16-14-32(15-17-33)19-22-10-6-5-7-11-22/h5-13,21,23H,3-4,14-17,19-20H2,1-2H3/t23-/m0/s1. The Morgan fingerprint density at radius 3 is 2.23 bits per heavy atom. The van der Waals surface area contributed by atoms with Gasteiger partial charge in [0.1, 0.15) is 5.69 Å². The highest BCUT2D eigenvalue weighted by molar-refractivity contribution is 5.85. The van der Waals surface area contributed by atoms with Gasteiger partial charge in [0.15, 0.2) is 11.7 Å². The molecule has 1 atom stereocenters. The van der Waals surface area contributed by atoms with E-state index in [1.54, 1.807) is 0 Å². The molecule has 1 aromatic heterocycles. The predicted octanol–water partition coefficient (Wildman–Crippen LogP) is 4.54. The van der Waals surface area contributed by atoms with E-state index in [0.717, 1.165) is 51.1 Å². The van der Waals surface area contributed by atoms with Gasteiger partial charge < -0.3 is 9.64 Å². The lowest BCUT2D eigenvalue weighted by atomic mass is 10.0. The van der Waals surface area contributed by atoms with Crippen LogP contribution in [0.15, 0.2) is 54.6 Å². The number of nitrogens with zero attached hydrogens (tertiary/aromatic N) is 5. The molecule has 4 rings (SSSR count). The van der Waals surface area contributed by atoms with Crippen LogP contribution in [0.3, 0.4) is 0 Å². The molecule has 35 heavy (non-hydrogen) atoms. The fraction of sp³-hybridized carbons (Fsp3) is 0.429. The Labute approximate surface area is 207 Å². The van der Waals surface area contributed by atoms with Gasteiger partial charge in [-0.15, -0.1) is 0 Å². The third kappa shape index (κ3) is 5.95. The molecule has 0 aliphatic carbocycles. The molecule has 0 radical (unpaired) electrons. The summed E-state index contributed by atoms with van der Waals surface area (Å²) in [6.07, 6.45) is 1.85. The molecule has 2 heterocycles. The van der Waals surface area contributed by atoms with Crippen molar-refractivity contribution >= 4 is 22.8 Å². The molecular formula is C28H33N5O2. The molecule has 1 aliphatic heterocycles. The molecule has 3 aromatic rings. The van der Waals surface area contributed by atoms with E-state index in [2.05, 4.69) is 54.0 Å². The third-order valence-electron chi connectivity index (χ3n) is 6.75. The van der Waals surface area contributed by atoms with Crippen molar-refractivity contribution in [1.82, 2.24) is 14.9 Å². The van der Waals surface area contributed by atoms with Crippen LogP contribution in [0.25, 0.3) is 11.0 Å². The quantitative estimate of drug-likeness (QED) is 0.424. The molecule has 2 aromatic carbocycles. The molecule has 182 valence electrons. The molecule has 0 saturated carbocycles. The predicted molar refractivity (Wildman–Crippen MR) is 137 cm³/mol. The second kappa shape index (κ2) is 11.8. The molecule has 7 nitrogen and oxygen atoms in total. The molecule has 0 bridgehead atoms. The molecule has 0 N–H and O–H groups in total. The Morgan fingerprint density at radius 1 is 0.971 bits per heavy atom. The maximum atomic E-state index is 13.0. The zero-order valence-electron chi connectivity index (χ0n) is 20.6. The van der Waals surface area contributed by atoms with Crippen molar-refractivity contribution in [2.75, 3.05) is 37.7 Å². The van der Waals surface area contributed by atoms with Gasteiger partial charge in [0.25, 0.3) is 0 Å². The van der Waals surface area contributed by atoms with E-state index in [1.807, 2.05) is 30.3 Å². The number of piperazine rings is 1. The summed E-state index contributed by atoms with van der Waals surface area (Å²) < 4.78 is 5.58. The molecule has 0 spiro atoms. The number of benzene rings is 2. The Morgan fingerprint density at radius 2 is 1.60 bits per heavy atom. The first-order chi connectivity index (χ1) is 17.1. The van der Waals surface area contributed by atoms with E-state index in [4.69, 9.17) is 14.7 Å². The molecule has 0 unspecified atom stereocenters. The average molecular weight is 472 g/mol. The van der Waals surface area contributed by atoms with E-state index in [-0.39, 0.29) is 5.92 Å². The summed E-state index contributed by atoms with van der Waals surface area (Å²) in [5.74, 6) is -0.765. The van der Waals surface area contributed by atoms with E-state index in [1.165, 1.54) is 5.56 Å². The summed E-state index contributed by atoms with van der Waals surface area (Å²) in [4.78, 5) is 27.2. The van der Waals surface area contributed by atoms with Gasteiger partial charge in [-0.2, -0.15) is 5.26 Å². The van der Waals surface area contributed by atoms with E-state index < -0.39 is 11.9 Å². The number of esters is 1. The van der Waals surface area contributed by atoms with Crippen molar-refractivity contribution in [2.24, 2.45) is 5.92 Å². The SMILES string of the molecule is CCC(CC)COC(=O)[C@@H](C#N)c1nc2ccccc2nc1N1CCN(Cc2ccccc2)CC1. The number of hydrogen-bond acceptors (Lipinski definition) is 7. The van der Waals surface area contributed by atoms with Gasteiger partial charge in [-0.05, 0) is 23.6 Å². The molecular weight excluding hydrogens is 438 g/mol. The lowest BCUT2D eigenvalue weighted by molar-refractivity contribution is -0.145. The maximum Gasteiger partial charge on any atom is 0.329 e. The first-order valence-corrected chi connectivity index (χ1v) is 12.5. The van der Waals surface area contributed by atoms with Crippen molar-refractivity contribution in [1.29, 1.82) is 5.26 Å². The number of carbonyl (C=O) groups excluding carboxylic acids is 1. The van der Waals surface area contributed by atoms with Crippen LogP contribution in [0.5, 0.6) is 0 Å². The topological polar surface area (TPSA) is 82.3 Å². The zero-order valence-corrected chi connectivity index (χ0v) is 20.6. The summed E-state index contributed by atoms with van der Waals surface area (Å²) in [6, 6.07) is 20.2. The van der Waals surface area contributed by atoms with Crippen molar-refractivity contribution < 1.29 is 9.53 Å². The van der Waals surface area contributed by atoms with Gasteiger partial charge in [0.05, 0.1) is 23.7 Å². The normalized spacial score (nSPS) is 15.2. The largest absolute Gasteiger partial charge is 0.464 e. The van der Waals surface area contributed by atoms with Crippen molar-refractivity contribution in [3.8, 4) is 6.07 Å². The monoisotopic (exact) mass is 471 g/mol. The van der Waals surface area contributed by atoms with Crippen LogP contribution in [0.1, 0.15) is 43.9 Å². The van der Waals surface area contributed by atoms with Crippen LogP contribution < -0.4 is 4.90 Å². The lowest BCUT2D eigenvalue weighted by Gasteiger charge is -2.36. The highest BCUT2D eigenvalue weighted by Gasteiger charge is 2.31. The average Bonchev–Trinajstić information content (AvgIpc) is 2.90. The second-order valence-electron chi connectivity index (χ2n) is 9.04. The second-order valence-corrected chi connectivity index (χ2v) is 9.04. The Hall–Kier alpha value is -3.50. The number of fused-ring (bicyclic) bond motifs is 1. The zero-order chi connectivity index (χ0) is 24.6. The summed E-state index contributed by atoms with van der Waals surface area (Å²) in [7, 11) is 0. The summed E-state index contributed by atoms with van der Waals surface area (Å²) in [6.45, 7) is 8.58. The minimum Gasteiger partial charge on any atom is -0.464 e. The molecule has 1 fully saturated rings. The number of ether oxygens (including phenoxy) is 1. The van der Waals surface area contributed by atoms with Crippen LogP contribution in [0, 0.1) is 17.2 Å². The van der Waals surface area contributed by atoms with Crippen molar-refractivity contribution in [2.45, 2.75) is 39.2 Å². The highest BCUT2D eigenvalue weighted by Crippen LogP contribution is 2.29. The third-order valence-corrected chi connectivity index (χ3v) is 6.75. The van der Waals surface area contributed by atoms with Gasteiger partial charge in [-0.1, -0.05) is 69.2 Å². The van der Waals surface area contributed by atoms with Crippen LogP contribution in [0.2, 0.25) is 0 Å². The van der Waals surface area contributed by atoms with E-state index >= 15 is 0 Å². The number of anilines is 1. The first-order valence-electron chi connectivity index (χ1n) is 12.5. The summed E-state index contributed by atoms with van der Waals surface area (Å²) in [5, 5.41) is 9.99. The fourth-order valence-electron chi connectivity index (χ4n) is 4.42. The van der Waals surface area contributed by atoms with Crippen molar-refractivity contribution in [3.63, 3.8) is 0 Å². The van der Waals surface area contributed by atoms with Crippen LogP contribution in [-0.4, -0.2) is 53.6 Å². The van der Waals surface area contributed by atoms with Crippen LogP contribution in [0.4, 0.5) is 5.82 Å². The molecule has 7 heteroatoms. The Bertz CT molecular complexity index is 1160.